The van der Waals surface area contributed by atoms with Crippen molar-refractivity contribution in [3.05, 3.63) is 36.4 Å². The lowest BCUT2D eigenvalue weighted by Gasteiger charge is -2.27. The smallest absolute Gasteiger partial charge is 0.142 e. The van der Waals surface area contributed by atoms with E-state index in [1.165, 1.54) is 62.7 Å². The van der Waals surface area contributed by atoms with E-state index in [0.29, 0.717) is 0 Å². The second-order valence-electron chi connectivity index (χ2n) is 9.16. The maximum absolute atomic E-state index is 5.87. The first-order chi connectivity index (χ1) is 16.6. The molecule has 0 N–H and O–H groups in total. The molecule has 0 bridgehead atoms. The van der Waals surface area contributed by atoms with Crippen LogP contribution in [0.3, 0.4) is 0 Å². The van der Waals surface area contributed by atoms with E-state index in [4.69, 9.17) is 9.47 Å². The highest BCUT2D eigenvalue weighted by Crippen LogP contribution is 2.37. The molecule has 0 saturated carbocycles. The van der Waals surface area contributed by atoms with Crippen molar-refractivity contribution in [1.29, 1.82) is 0 Å². The highest BCUT2D eigenvalue weighted by Gasteiger charge is 2.16. The Bertz CT molecular complexity index is 751. The summed E-state index contributed by atoms with van der Waals surface area (Å²) in [5, 5.41) is 0. The van der Waals surface area contributed by atoms with Gasteiger partial charge in [-0.05, 0) is 61.1 Å². The Labute approximate surface area is 209 Å². The van der Waals surface area contributed by atoms with Crippen molar-refractivity contribution in [2.45, 2.75) is 79.1 Å². The maximum Gasteiger partial charge on any atom is 0.142 e. The van der Waals surface area contributed by atoms with Crippen molar-refractivity contribution >= 4 is 11.4 Å². The minimum absolute atomic E-state index is 0.945. The third kappa shape index (κ3) is 7.85. The van der Waals surface area contributed by atoms with E-state index in [2.05, 4.69) is 73.9 Å². The van der Waals surface area contributed by atoms with E-state index < -0.39 is 0 Å². The van der Waals surface area contributed by atoms with Gasteiger partial charge in [0.1, 0.15) is 11.5 Å². The predicted molar refractivity (Wildman–Crippen MR) is 149 cm³/mol. The minimum Gasteiger partial charge on any atom is -0.495 e. The molecular weight excluding hydrogens is 420 g/mol. The first kappa shape index (κ1) is 27.9. The van der Waals surface area contributed by atoms with E-state index in [1.54, 1.807) is 14.2 Å². The number of hydrogen-bond donors (Lipinski definition) is 0. The van der Waals surface area contributed by atoms with E-state index in [0.717, 1.165) is 48.8 Å². The lowest BCUT2D eigenvalue weighted by atomic mass is 10.0. The molecule has 2 aromatic rings. The van der Waals surface area contributed by atoms with Gasteiger partial charge in [-0.15, -0.1) is 0 Å². The fourth-order valence-corrected chi connectivity index (χ4v) is 4.34. The van der Waals surface area contributed by atoms with E-state index in [9.17, 15) is 0 Å². The normalized spacial score (nSPS) is 10.9. The number of rotatable bonds is 17. The Morgan fingerprint density at radius 3 is 1.12 bits per heavy atom. The summed E-state index contributed by atoms with van der Waals surface area (Å²) in [7, 11) is 3.56. The van der Waals surface area contributed by atoms with Crippen LogP contribution in [0, 0.1) is 0 Å². The van der Waals surface area contributed by atoms with Gasteiger partial charge < -0.3 is 19.3 Å². The van der Waals surface area contributed by atoms with Crippen LogP contribution in [-0.4, -0.2) is 40.4 Å². The van der Waals surface area contributed by atoms with Crippen LogP contribution in [0.25, 0.3) is 11.1 Å². The second-order valence-corrected chi connectivity index (χ2v) is 9.16. The average Bonchev–Trinajstić information content (AvgIpc) is 2.88. The minimum atomic E-state index is 0.945. The van der Waals surface area contributed by atoms with Gasteiger partial charge >= 0.3 is 0 Å². The van der Waals surface area contributed by atoms with Crippen LogP contribution in [-0.2, 0) is 0 Å². The van der Waals surface area contributed by atoms with Gasteiger partial charge in [0.15, 0.2) is 0 Å². The molecule has 0 heterocycles. The monoisotopic (exact) mass is 468 g/mol. The van der Waals surface area contributed by atoms with Crippen molar-refractivity contribution in [3.8, 4) is 22.6 Å². The van der Waals surface area contributed by atoms with Crippen molar-refractivity contribution in [2.24, 2.45) is 0 Å². The second kappa shape index (κ2) is 15.5. The Kier molecular flexibility index (Phi) is 12.7. The highest BCUT2D eigenvalue weighted by molar-refractivity contribution is 5.75. The maximum atomic E-state index is 5.87. The van der Waals surface area contributed by atoms with Gasteiger partial charge in [0.25, 0.3) is 0 Å². The molecule has 4 heteroatoms. The number of methoxy groups -OCH3 is 2. The zero-order valence-corrected chi connectivity index (χ0v) is 22.7. The van der Waals surface area contributed by atoms with Crippen molar-refractivity contribution < 1.29 is 9.47 Å². The van der Waals surface area contributed by atoms with Gasteiger partial charge in [0.2, 0.25) is 0 Å². The van der Waals surface area contributed by atoms with Crippen LogP contribution >= 0.6 is 0 Å². The van der Waals surface area contributed by atoms with Crippen LogP contribution in [0.4, 0.5) is 11.4 Å². The van der Waals surface area contributed by atoms with Crippen molar-refractivity contribution in [2.75, 3.05) is 50.2 Å². The summed E-state index contributed by atoms with van der Waals surface area (Å²) in [5.74, 6) is 1.89. The van der Waals surface area contributed by atoms with Gasteiger partial charge in [-0.3, -0.25) is 0 Å². The molecular formula is C30H48N2O2. The molecule has 34 heavy (non-hydrogen) atoms. The van der Waals surface area contributed by atoms with Crippen LogP contribution in [0.1, 0.15) is 79.1 Å². The fraction of sp³-hybridized carbons (Fsp3) is 0.600. The Balaban J connectivity index is 2.37. The van der Waals surface area contributed by atoms with Gasteiger partial charge in [-0.1, -0.05) is 65.5 Å². The molecule has 0 atom stereocenters. The quantitative estimate of drug-likeness (QED) is 0.234. The Hall–Kier alpha value is -2.36. The average molecular weight is 469 g/mol. The zero-order chi connectivity index (χ0) is 24.8. The van der Waals surface area contributed by atoms with Gasteiger partial charge in [-0.25, -0.2) is 0 Å². The van der Waals surface area contributed by atoms with E-state index in [1.807, 2.05) is 0 Å². The van der Waals surface area contributed by atoms with E-state index >= 15 is 0 Å². The summed E-state index contributed by atoms with van der Waals surface area (Å²) in [4.78, 5) is 4.97. The SMILES string of the molecule is CCCCN(CCCC)c1ccc(-c2ccc(N(CCCC)CCCC)c(OC)c2)cc1OC. The summed E-state index contributed by atoms with van der Waals surface area (Å²) in [6.07, 6.45) is 9.57. The lowest BCUT2D eigenvalue weighted by molar-refractivity contribution is 0.413. The molecule has 4 nitrogen and oxygen atoms in total. The molecule has 0 aliphatic carbocycles. The molecule has 0 spiro atoms. The van der Waals surface area contributed by atoms with E-state index in [-0.39, 0.29) is 0 Å². The van der Waals surface area contributed by atoms with Crippen LogP contribution in [0.2, 0.25) is 0 Å². The summed E-state index contributed by atoms with van der Waals surface area (Å²) in [6.45, 7) is 13.3. The number of ether oxygens (including phenoxy) is 2. The molecule has 190 valence electrons. The summed E-state index contributed by atoms with van der Waals surface area (Å²) < 4.78 is 11.7. The molecule has 2 rings (SSSR count). The molecule has 0 aliphatic rings. The number of anilines is 2. The van der Waals surface area contributed by atoms with Crippen LogP contribution < -0.4 is 19.3 Å². The third-order valence-corrected chi connectivity index (χ3v) is 6.50. The summed E-state index contributed by atoms with van der Waals surface area (Å²) in [5.41, 5.74) is 4.71. The highest BCUT2D eigenvalue weighted by atomic mass is 16.5. The third-order valence-electron chi connectivity index (χ3n) is 6.50. The van der Waals surface area contributed by atoms with Crippen molar-refractivity contribution in [3.63, 3.8) is 0 Å². The standard InChI is InChI=1S/C30H48N2O2/c1-7-11-19-31(20-12-8-2)27-17-15-25(23-29(27)33-5)26-16-18-28(30(24-26)34-6)32(21-13-9-3)22-14-10-4/h15-18,23-24H,7-14,19-22H2,1-6H3. The van der Waals surface area contributed by atoms with Crippen molar-refractivity contribution in [1.82, 2.24) is 0 Å². The molecule has 0 unspecified atom stereocenters. The summed E-state index contributed by atoms with van der Waals surface area (Å²) >= 11 is 0. The van der Waals surface area contributed by atoms with Gasteiger partial charge in [0.05, 0.1) is 25.6 Å². The number of unbranched alkanes of at least 4 members (excludes halogenated alkanes) is 4. The molecule has 0 aromatic heterocycles. The summed E-state index contributed by atoms with van der Waals surface area (Å²) in [6, 6.07) is 13.3. The molecule has 2 aromatic carbocycles. The Morgan fingerprint density at radius 2 is 0.853 bits per heavy atom. The van der Waals surface area contributed by atoms with Crippen LogP contribution in [0.5, 0.6) is 11.5 Å². The first-order valence-electron chi connectivity index (χ1n) is 13.5. The topological polar surface area (TPSA) is 24.9 Å². The molecule has 0 radical (unpaired) electrons. The fourth-order valence-electron chi connectivity index (χ4n) is 4.34. The number of hydrogen-bond acceptors (Lipinski definition) is 4. The van der Waals surface area contributed by atoms with Crippen LogP contribution in [0.15, 0.2) is 36.4 Å². The lowest BCUT2D eigenvalue weighted by Crippen LogP contribution is -2.26. The Morgan fingerprint density at radius 1 is 0.529 bits per heavy atom. The van der Waals surface area contributed by atoms with Gasteiger partial charge in [0, 0.05) is 26.2 Å². The number of nitrogens with zero attached hydrogens (tertiary/aromatic N) is 2. The molecule has 0 aliphatic heterocycles. The largest absolute Gasteiger partial charge is 0.495 e. The molecule has 0 saturated heterocycles. The first-order valence-corrected chi connectivity index (χ1v) is 13.5. The van der Waals surface area contributed by atoms with Gasteiger partial charge in [-0.2, -0.15) is 0 Å². The predicted octanol–water partition coefficient (Wildman–Crippen LogP) is 8.18. The molecule has 0 amide bonds. The number of benzene rings is 2. The zero-order valence-electron chi connectivity index (χ0n) is 22.7. The molecule has 0 fully saturated rings.